The van der Waals surface area contributed by atoms with E-state index in [4.69, 9.17) is 33.1 Å². The molecule has 0 aliphatic carbocycles. The van der Waals surface area contributed by atoms with E-state index in [1.165, 1.54) is 16.7 Å². The first kappa shape index (κ1) is 24.0. The summed E-state index contributed by atoms with van der Waals surface area (Å²) in [6, 6.07) is 18.5. The zero-order valence-corrected chi connectivity index (χ0v) is 18.4. The summed E-state index contributed by atoms with van der Waals surface area (Å²) in [6.07, 6.45) is -3.26. The molecule has 168 valence electrons. The molecule has 9 heteroatoms. The number of aliphatic carboxylic acids is 1. The predicted octanol–water partition coefficient (Wildman–Crippen LogP) is 6.27. The number of carboxylic acid groups (broad SMARTS) is 1. The van der Waals surface area contributed by atoms with Gasteiger partial charge in [0.25, 0.3) is 0 Å². The van der Waals surface area contributed by atoms with E-state index in [-0.39, 0.29) is 5.92 Å². The summed E-state index contributed by atoms with van der Waals surface area (Å²) >= 11 is 12.8. The van der Waals surface area contributed by atoms with Crippen LogP contribution in [0.5, 0.6) is 0 Å². The van der Waals surface area contributed by atoms with Gasteiger partial charge in [0.2, 0.25) is 0 Å². The molecule has 32 heavy (non-hydrogen) atoms. The second kappa shape index (κ2) is 9.90. The Morgan fingerprint density at radius 2 is 1.84 bits per heavy atom. The molecule has 4 nitrogen and oxygen atoms in total. The van der Waals surface area contributed by atoms with Gasteiger partial charge in [-0.25, -0.2) is 4.79 Å². The predicted molar refractivity (Wildman–Crippen MR) is 118 cm³/mol. The van der Waals surface area contributed by atoms with Crippen molar-refractivity contribution in [2.24, 2.45) is 0 Å². The van der Waals surface area contributed by atoms with E-state index in [0.717, 1.165) is 29.4 Å². The Balaban J connectivity index is 0.000000360. The van der Waals surface area contributed by atoms with Gasteiger partial charge in [0.15, 0.2) is 0 Å². The number of hydrogen-bond acceptors (Lipinski definition) is 3. The van der Waals surface area contributed by atoms with Gasteiger partial charge in [-0.2, -0.15) is 13.2 Å². The Bertz CT molecular complexity index is 1110. The lowest BCUT2D eigenvalue weighted by atomic mass is 9.84. The summed E-state index contributed by atoms with van der Waals surface area (Å²) in [7, 11) is 2.13. The highest BCUT2D eigenvalue weighted by molar-refractivity contribution is 6.35. The van der Waals surface area contributed by atoms with Crippen LogP contribution >= 0.6 is 23.2 Å². The van der Waals surface area contributed by atoms with Gasteiger partial charge < -0.3 is 10.0 Å². The monoisotopic (exact) mass is 482 g/mol. The van der Waals surface area contributed by atoms with Crippen molar-refractivity contribution in [3.63, 3.8) is 0 Å². The zero-order chi connectivity index (χ0) is 23.5. The molecule has 0 saturated carbocycles. The highest BCUT2D eigenvalue weighted by atomic mass is 35.5. The Labute approximate surface area is 193 Å². The number of fused-ring (bicyclic) bond motifs is 1. The number of likely N-dealkylation sites (N-methyl/N-ethyl adjacent to an activating group) is 1. The van der Waals surface area contributed by atoms with Crippen LogP contribution < -0.4 is 0 Å². The number of halogens is 5. The molecular formula is C23H19Cl2F3N2O2. The lowest BCUT2D eigenvalue weighted by molar-refractivity contribution is -0.192. The van der Waals surface area contributed by atoms with E-state index >= 15 is 0 Å². The van der Waals surface area contributed by atoms with Crippen molar-refractivity contribution >= 4 is 29.2 Å². The van der Waals surface area contributed by atoms with Crippen molar-refractivity contribution in [2.45, 2.75) is 18.6 Å². The maximum atomic E-state index is 10.6. The third-order valence-electron chi connectivity index (χ3n) is 4.98. The molecule has 1 aliphatic rings. The molecule has 3 aromatic rings. The molecule has 0 fully saturated rings. The summed E-state index contributed by atoms with van der Waals surface area (Å²) in [5.41, 5.74) is 5.77. The first-order valence-corrected chi connectivity index (χ1v) is 10.3. The lowest BCUT2D eigenvalue weighted by Crippen LogP contribution is -2.31. The van der Waals surface area contributed by atoms with Crippen LogP contribution in [0, 0.1) is 0 Å². The molecule has 1 atom stereocenters. The average molecular weight is 483 g/mol. The molecule has 0 radical (unpaired) electrons. The van der Waals surface area contributed by atoms with Gasteiger partial charge in [-0.3, -0.25) is 4.98 Å². The molecule has 1 aliphatic heterocycles. The van der Waals surface area contributed by atoms with Crippen molar-refractivity contribution in [1.29, 1.82) is 0 Å². The fourth-order valence-corrected chi connectivity index (χ4v) is 4.15. The van der Waals surface area contributed by atoms with Crippen LogP contribution in [-0.4, -0.2) is 40.7 Å². The summed E-state index contributed by atoms with van der Waals surface area (Å²) in [5.74, 6) is -2.51. The number of hydrogen-bond donors (Lipinski definition) is 1. The SMILES string of the molecule is CN1Cc2c(Cl)cc(Cl)cc2[C@H](c2cccc(-c3ccccn3)c2)C1.O=C(O)C(F)(F)F. The molecule has 1 N–H and O–H groups in total. The van der Waals surface area contributed by atoms with E-state index in [1.54, 1.807) is 0 Å². The minimum Gasteiger partial charge on any atom is -0.475 e. The number of pyridine rings is 1. The maximum absolute atomic E-state index is 10.6. The van der Waals surface area contributed by atoms with E-state index in [2.05, 4.69) is 47.3 Å². The van der Waals surface area contributed by atoms with Gasteiger partial charge in [0, 0.05) is 40.8 Å². The number of rotatable bonds is 2. The van der Waals surface area contributed by atoms with Crippen molar-refractivity contribution in [3.8, 4) is 11.3 Å². The van der Waals surface area contributed by atoms with Crippen LogP contribution in [0.15, 0.2) is 60.8 Å². The Morgan fingerprint density at radius 1 is 1.12 bits per heavy atom. The van der Waals surface area contributed by atoms with Crippen molar-refractivity contribution in [3.05, 3.63) is 87.5 Å². The van der Waals surface area contributed by atoms with Gasteiger partial charge >= 0.3 is 12.1 Å². The van der Waals surface area contributed by atoms with Gasteiger partial charge in [-0.15, -0.1) is 0 Å². The van der Waals surface area contributed by atoms with Crippen LogP contribution in [0.4, 0.5) is 13.2 Å². The number of aromatic nitrogens is 1. The minimum atomic E-state index is -5.08. The van der Waals surface area contributed by atoms with Crippen molar-refractivity contribution in [2.75, 3.05) is 13.6 Å². The van der Waals surface area contributed by atoms with Crippen LogP contribution in [0.1, 0.15) is 22.6 Å². The van der Waals surface area contributed by atoms with E-state index in [1.807, 2.05) is 30.5 Å². The summed E-state index contributed by atoms with van der Waals surface area (Å²) in [6.45, 7) is 1.79. The topological polar surface area (TPSA) is 53.4 Å². The zero-order valence-electron chi connectivity index (χ0n) is 16.9. The minimum absolute atomic E-state index is 0.244. The Hall–Kier alpha value is -2.61. The maximum Gasteiger partial charge on any atom is 0.490 e. The molecule has 0 spiro atoms. The molecule has 1 aromatic heterocycles. The number of carbonyl (C=O) groups is 1. The highest BCUT2D eigenvalue weighted by Gasteiger charge is 2.38. The lowest BCUT2D eigenvalue weighted by Gasteiger charge is -2.33. The van der Waals surface area contributed by atoms with Crippen LogP contribution in [0.25, 0.3) is 11.3 Å². The molecule has 0 unspecified atom stereocenters. The van der Waals surface area contributed by atoms with Gasteiger partial charge in [-0.05, 0) is 54.1 Å². The molecule has 0 saturated heterocycles. The largest absolute Gasteiger partial charge is 0.490 e. The van der Waals surface area contributed by atoms with Crippen molar-refractivity contribution < 1.29 is 23.1 Å². The first-order chi connectivity index (χ1) is 15.1. The number of carboxylic acids is 1. The third-order valence-corrected chi connectivity index (χ3v) is 5.54. The quantitative estimate of drug-likeness (QED) is 0.467. The van der Waals surface area contributed by atoms with Crippen LogP contribution in [0.3, 0.4) is 0 Å². The fourth-order valence-electron chi connectivity index (χ4n) is 3.58. The van der Waals surface area contributed by atoms with Crippen LogP contribution in [0.2, 0.25) is 10.0 Å². The Morgan fingerprint density at radius 3 is 2.47 bits per heavy atom. The van der Waals surface area contributed by atoms with E-state index < -0.39 is 12.1 Å². The smallest absolute Gasteiger partial charge is 0.475 e. The van der Waals surface area contributed by atoms with Gasteiger partial charge in [0.05, 0.1) is 5.69 Å². The first-order valence-electron chi connectivity index (χ1n) is 9.54. The van der Waals surface area contributed by atoms with Crippen molar-refractivity contribution in [1.82, 2.24) is 9.88 Å². The molecular weight excluding hydrogens is 464 g/mol. The number of benzene rings is 2. The molecule has 2 heterocycles. The second-order valence-corrected chi connectivity index (χ2v) is 8.19. The fraction of sp³-hybridized carbons (Fsp3) is 0.217. The molecule has 2 aromatic carbocycles. The van der Waals surface area contributed by atoms with Crippen LogP contribution in [-0.2, 0) is 11.3 Å². The molecule has 0 amide bonds. The normalized spacial score (nSPS) is 16.0. The Kier molecular flexibility index (Phi) is 7.44. The standard InChI is InChI=1S/C21H18Cl2N2.C2HF3O2/c1-25-12-18(17-10-16(22)11-20(23)19(17)13-25)14-5-4-6-15(9-14)21-7-2-3-8-24-21;3-2(4,5)1(6)7/h2-11,18H,12-13H2,1H3;(H,6,7)/t18-;/m0./s1. The highest BCUT2D eigenvalue weighted by Crippen LogP contribution is 2.39. The second-order valence-electron chi connectivity index (χ2n) is 7.35. The third kappa shape index (κ3) is 5.79. The number of nitrogens with zero attached hydrogens (tertiary/aromatic N) is 2. The van der Waals surface area contributed by atoms with E-state index in [9.17, 15) is 13.2 Å². The molecule has 4 rings (SSSR count). The summed E-state index contributed by atoms with van der Waals surface area (Å²) in [4.78, 5) is 15.7. The summed E-state index contributed by atoms with van der Waals surface area (Å²) < 4.78 is 31.7. The van der Waals surface area contributed by atoms with E-state index in [0.29, 0.717) is 5.02 Å². The molecule has 0 bridgehead atoms. The van der Waals surface area contributed by atoms with Gasteiger partial charge in [0.1, 0.15) is 0 Å². The van der Waals surface area contributed by atoms with Gasteiger partial charge in [-0.1, -0.05) is 47.5 Å². The number of alkyl halides is 3. The summed E-state index contributed by atoms with van der Waals surface area (Å²) in [5, 5.41) is 8.57. The average Bonchev–Trinajstić information content (AvgIpc) is 2.74.